The summed E-state index contributed by atoms with van der Waals surface area (Å²) in [6.45, 7) is 3.45. The lowest BCUT2D eigenvalue weighted by Crippen LogP contribution is -2.45. The molecule has 0 saturated heterocycles. The highest BCUT2D eigenvalue weighted by Crippen LogP contribution is 2.36. The summed E-state index contributed by atoms with van der Waals surface area (Å²) < 4.78 is -0.816. The number of nitrogens with zero attached hydrogens (tertiary/aromatic N) is 1. The van der Waals surface area contributed by atoms with Crippen molar-refractivity contribution in [3.8, 4) is 0 Å². The number of carbonyl (C=O) groups excluding carboxylic acids is 2. The Kier molecular flexibility index (Phi) is 4.78. The molecule has 4 nitrogen and oxygen atoms in total. The van der Waals surface area contributed by atoms with Crippen LogP contribution in [0.25, 0.3) is 0 Å². The van der Waals surface area contributed by atoms with Crippen molar-refractivity contribution in [1.29, 1.82) is 0 Å². The molecule has 0 amide bonds. The van der Waals surface area contributed by atoms with Crippen molar-refractivity contribution in [2.45, 2.75) is 23.0 Å². The highest BCUT2D eigenvalue weighted by molar-refractivity contribution is 9.13. The van der Waals surface area contributed by atoms with E-state index in [1.807, 2.05) is 6.07 Å². The van der Waals surface area contributed by atoms with Gasteiger partial charge in [-0.05, 0) is 37.6 Å². The topological polar surface area (TPSA) is 55.7 Å². The summed E-state index contributed by atoms with van der Waals surface area (Å²) in [6.07, 6.45) is 1.61. The fraction of sp³-hybridized carbons (Fsp3) is 0.267. The predicted octanol–water partition coefficient (Wildman–Crippen LogP) is 3.65. The summed E-state index contributed by atoms with van der Waals surface area (Å²) in [6, 6.07) is 8.60. The van der Waals surface area contributed by atoms with Crippen molar-refractivity contribution in [3.63, 3.8) is 0 Å². The SMILES string of the molecule is CC1=CC(=NOC(=O)c2ccccc2)C(Br)C(C)(Br)C1=O. The number of alkyl halides is 2. The van der Waals surface area contributed by atoms with Crippen LogP contribution in [0.4, 0.5) is 0 Å². The molecule has 0 bridgehead atoms. The highest BCUT2D eigenvalue weighted by Gasteiger charge is 2.43. The third-order valence-electron chi connectivity index (χ3n) is 3.15. The molecule has 0 radical (unpaired) electrons. The van der Waals surface area contributed by atoms with E-state index < -0.39 is 10.3 Å². The molecule has 1 aliphatic rings. The largest absolute Gasteiger partial charge is 0.365 e. The van der Waals surface area contributed by atoms with Gasteiger partial charge in [-0.25, -0.2) is 4.79 Å². The smallest absolute Gasteiger partial charge is 0.313 e. The highest BCUT2D eigenvalue weighted by atomic mass is 79.9. The van der Waals surface area contributed by atoms with Gasteiger partial charge < -0.3 is 4.84 Å². The lowest BCUT2D eigenvalue weighted by atomic mass is 9.88. The minimum atomic E-state index is -0.816. The average molecular weight is 415 g/mol. The average Bonchev–Trinajstić information content (AvgIpc) is 2.48. The Morgan fingerprint density at radius 1 is 1.33 bits per heavy atom. The molecule has 0 saturated carbocycles. The Bertz CT molecular complexity index is 636. The molecule has 0 heterocycles. The van der Waals surface area contributed by atoms with E-state index >= 15 is 0 Å². The third kappa shape index (κ3) is 3.32. The van der Waals surface area contributed by atoms with Crippen LogP contribution in [0.1, 0.15) is 24.2 Å². The molecule has 110 valence electrons. The first-order valence-corrected chi connectivity index (χ1v) is 7.95. The molecule has 0 N–H and O–H groups in total. The van der Waals surface area contributed by atoms with Crippen LogP contribution in [0.2, 0.25) is 0 Å². The number of ketones is 1. The molecule has 0 aromatic heterocycles. The van der Waals surface area contributed by atoms with Crippen molar-refractivity contribution >= 4 is 49.3 Å². The monoisotopic (exact) mass is 413 g/mol. The second kappa shape index (κ2) is 6.23. The van der Waals surface area contributed by atoms with Crippen molar-refractivity contribution < 1.29 is 14.4 Å². The number of benzene rings is 1. The summed E-state index contributed by atoms with van der Waals surface area (Å²) in [7, 11) is 0. The molecule has 6 heteroatoms. The van der Waals surface area contributed by atoms with Crippen LogP contribution in [-0.4, -0.2) is 26.6 Å². The van der Waals surface area contributed by atoms with E-state index in [0.717, 1.165) is 0 Å². The number of halogens is 2. The van der Waals surface area contributed by atoms with Gasteiger partial charge in [0.2, 0.25) is 0 Å². The molecular weight excluding hydrogens is 402 g/mol. The number of rotatable bonds is 2. The molecular formula is C15H13Br2NO3. The fourth-order valence-corrected chi connectivity index (χ4v) is 2.90. The predicted molar refractivity (Wildman–Crippen MR) is 88.1 cm³/mol. The van der Waals surface area contributed by atoms with Gasteiger partial charge in [-0.2, -0.15) is 0 Å². The molecule has 1 aliphatic carbocycles. The first-order valence-electron chi connectivity index (χ1n) is 6.24. The Morgan fingerprint density at radius 2 is 1.95 bits per heavy atom. The maximum atomic E-state index is 12.1. The van der Waals surface area contributed by atoms with Crippen LogP contribution >= 0.6 is 31.9 Å². The molecule has 1 aromatic carbocycles. The van der Waals surface area contributed by atoms with E-state index in [1.165, 1.54) is 0 Å². The minimum Gasteiger partial charge on any atom is -0.313 e. The van der Waals surface area contributed by atoms with E-state index in [4.69, 9.17) is 4.84 Å². The molecule has 0 aliphatic heterocycles. The fourth-order valence-electron chi connectivity index (χ4n) is 1.93. The number of allylic oxidation sites excluding steroid dienone is 2. The van der Waals surface area contributed by atoms with Crippen LogP contribution in [0, 0.1) is 0 Å². The lowest BCUT2D eigenvalue weighted by Gasteiger charge is -2.30. The third-order valence-corrected chi connectivity index (χ3v) is 5.96. The van der Waals surface area contributed by atoms with Gasteiger partial charge in [0.1, 0.15) is 4.32 Å². The molecule has 21 heavy (non-hydrogen) atoms. The zero-order valence-corrected chi connectivity index (χ0v) is 14.6. The zero-order valence-electron chi connectivity index (χ0n) is 11.5. The van der Waals surface area contributed by atoms with Crippen molar-refractivity contribution in [1.82, 2.24) is 0 Å². The minimum absolute atomic E-state index is 0.0299. The van der Waals surface area contributed by atoms with E-state index in [-0.39, 0.29) is 10.6 Å². The lowest BCUT2D eigenvalue weighted by molar-refractivity contribution is -0.117. The van der Waals surface area contributed by atoms with Crippen LogP contribution in [0.15, 0.2) is 47.1 Å². The number of hydrogen-bond donors (Lipinski definition) is 0. The molecule has 2 atom stereocenters. The van der Waals surface area contributed by atoms with Gasteiger partial charge >= 0.3 is 5.97 Å². The maximum absolute atomic E-state index is 12.1. The van der Waals surface area contributed by atoms with Crippen LogP contribution < -0.4 is 0 Å². The van der Waals surface area contributed by atoms with E-state index in [9.17, 15) is 9.59 Å². The quantitative estimate of drug-likeness (QED) is 0.421. The number of oxime groups is 1. The van der Waals surface area contributed by atoms with Gasteiger partial charge in [0.25, 0.3) is 0 Å². The second-order valence-electron chi connectivity index (χ2n) is 4.86. The Balaban J connectivity index is 2.22. The van der Waals surface area contributed by atoms with Crippen molar-refractivity contribution in [3.05, 3.63) is 47.5 Å². The van der Waals surface area contributed by atoms with Gasteiger partial charge in [-0.3, -0.25) is 4.79 Å². The zero-order chi connectivity index (χ0) is 15.6. The Morgan fingerprint density at radius 3 is 2.57 bits per heavy atom. The first kappa shape index (κ1) is 16.1. The molecule has 0 spiro atoms. The number of carbonyl (C=O) groups is 2. The van der Waals surface area contributed by atoms with Crippen LogP contribution in [0.5, 0.6) is 0 Å². The van der Waals surface area contributed by atoms with Crippen LogP contribution in [-0.2, 0) is 9.63 Å². The first-order chi connectivity index (χ1) is 9.84. The molecule has 0 fully saturated rings. The number of Topliss-reactive ketones (excluding diaryl/α,β-unsaturated/α-hetero) is 1. The summed E-state index contributed by atoms with van der Waals surface area (Å²) in [5, 5.41) is 3.88. The van der Waals surface area contributed by atoms with Gasteiger partial charge in [-0.15, -0.1) is 0 Å². The van der Waals surface area contributed by atoms with E-state index in [2.05, 4.69) is 37.0 Å². The van der Waals surface area contributed by atoms with Crippen molar-refractivity contribution in [2.24, 2.45) is 5.16 Å². The summed E-state index contributed by atoms with van der Waals surface area (Å²) >= 11 is 6.81. The normalized spacial score (nSPS) is 27.4. The Hall–Kier alpha value is -1.27. The Labute approximate surface area is 139 Å². The van der Waals surface area contributed by atoms with Gasteiger partial charge in [0, 0.05) is 0 Å². The molecule has 2 unspecified atom stereocenters. The second-order valence-corrected chi connectivity index (χ2v) is 7.42. The van der Waals surface area contributed by atoms with E-state index in [1.54, 1.807) is 44.2 Å². The van der Waals surface area contributed by atoms with Crippen molar-refractivity contribution in [2.75, 3.05) is 0 Å². The summed E-state index contributed by atoms with van der Waals surface area (Å²) in [4.78, 5) is 28.5. The summed E-state index contributed by atoms with van der Waals surface area (Å²) in [5.74, 6) is -0.570. The van der Waals surface area contributed by atoms with Gasteiger partial charge in [0.05, 0.1) is 16.1 Å². The maximum Gasteiger partial charge on any atom is 0.365 e. The number of hydrogen-bond acceptors (Lipinski definition) is 4. The van der Waals surface area contributed by atoms with E-state index in [0.29, 0.717) is 16.8 Å². The van der Waals surface area contributed by atoms with Gasteiger partial charge in [0.15, 0.2) is 5.78 Å². The molecule has 2 rings (SSSR count). The molecule has 1 aromatic rings. The van der Waals surface area contributed by atoms with Crippen LogP contribution in [0.3, 0.4) is 0 Å². The summed E-state index contributed by atoms with van der Waals surface area (Å²) in [5.41, 5.74) is 1.46. The van der Waals surface area contributed by atoms with Gasteiger partial charge in [-0.1, -0.05) is 55.2 Å². The standard InChI is InChI=1S/C15H13Br2NO3/c1-9-8-11(12(16)15(2,17)13(9)19)18-21-14(20)10-6-4-3-5-7-10/h3-8,12H,1-2H3.